The molecule has 184 valence electrons. The first kappa shape index (κ1) is 24.4. The number of rotatable bonds is 8. The average molecular weight is 477 g/mol. The quantitative estimate of drug-likeness (QED) is 0.420. The Bertz CT molecular complexity index is 1130. The molecule has 0 unspecified atom stereocenters. The zero-order valence-corrected chi connectivity index (χ0v) is 20.3. The average Bonchev–Trinajstić information content (AvgIpc) is 3.20. The first-order valence-corrected chi connectivity index (χ1v) is 12.2. The van der Waals surface area contributed by atoms with Crippen molar-refractivity contribution in [3.05, 3.63) is 65.8 Å². The number of carbonyl (C=O) groups excluding carboxylic acids is 2. The third-order valence-electron chi connectivity index (χ3n) is 6.23. The minimum atomic E-state index is -0.589. The topological polar surface area (TPSA) is 106 Å². The third kappa shape index (κ3) is 6.68. The lowest BCUT2D eigenvalue weighted by Gasteiger charge is -2.30. The molecule has 2 N–H and O–H groups in total. The summed E-state index contributed by atoms with van der Waals surface area (Å²) >= 11 is 0. The molecule has 0 spiro atoms. The molecular weight excluding hydrogens is 444 g/mol. The second kappa shape index (κ2) is 11.2. The van der Waals surface area contributed by atoms with Crippen LogP contribution in [0, 0.1) is 6.92 Å². The van der Waals surface area contributed by atoms with Crippen LogP contribution in [0.1, 0.15) is 69.1 Å². The number of anilines is 1. The van der Waals surface area contributed by atoms with Gasteiger partial charge >= 0.3 is 0 Å². The van der Waals surface area contributed by atoms with Crippen LogP contribution in [0.2, 0.25) is 0 Å². The van der Waals surface area contributed by atoms with Crippen molar-refractivity contribution in [1.29, 1.82) is 0 Å². The fourth-order valence-electron chi connectivity index (χ4n) is 4.42. The standard InChI is InChI=1S/C27H32N4O4/c1-19-7-11-22(12-8-19)34-23-13-9-21(10-14-23)28-24(33)15-16-25-29-26(31-35-25)27(30-20(2)32)17-5-3-4-6-18-27/h7-14H,3-6,15-18H2,1-2H3,(H,28,33)(H,30,32). The lowest BCUT2D eigenvalue weighted by Crippen LogP contribution is -2.45. The van der Waals surface area contributed by atoms with Crippen LogP contribution in [0.25, 0.3) is 0 Å². The van der Waals surface area contributed by atoms with Crippen molar-refractivity contribution in [3.8, 4) is 11.5 Å². The van der Waals surface area contributed by atoms with Crippen molar-refractivity contribution >= 4 is 17.5 Å². The number of ether oxygens (including phenoxy) is 1. The van der Waals surface area contributed by atoms with Crippen LogP contribution < -0.4 is 15.4 Å². The summed E-state index contributed by atoms with van der Waals surface area (Å²) in [6, 6.07) is 15.1. The van der Waals surface area contributed by atoms with E-state index in [2.05, 4.69) is 20.8 Å². The molecule has 0 radical (unpaired) electrons. The van der Waals surface area contributed by atoms with Gasteiger partial charge in [0.15, 0.2) is 5.82 Å². The molecule has 1 aliphatic rings. The third-order valence-corrected chi connectivity index (χ3v) is 6.23. The number of amides is 2. The Morgan fingerprint density at radius 1 is 0.971 bits per heavy atom. The molecule has 0 saturated heterocycles. The number of benzene rings is 2. The molecule has 35 heavy (non-hydrogen) atoms. The van der Waals surface area contributed by atoms with Crippen molar-refractivity contribution in [1.82, 2.24) is 15.5 Å². The highest BCUT2D eigenvalue weighted by Gasteiger charge is 2.38. The predicted octanol–water partition coefficient (Wildman–Crippen LogP) is 5.43. The molecule has 8 nitrogen and oxygen atoms in total. The van der Waals surface area contributed by atoms with Crippen LogP contribution >= 0.6 is 0 Å². The van der Waals surface area contributed by atoms with Gasteiger partial charge in [0, 0.05) is 25.5 Å². The Morgan fingerprint density at radius 3 is 2.23 bits per heavy atom. The first-order valence-electron chi connectivity index (χ1n) is 12.2. The maximum atomic E-state index is 12.5. The van der Waals surface area contributed by atoms with Gasteiger partial charge in [-0.25, -0.2) is 0 Å². The smallest absolute Gasteiger partial charge is 0.227 e. The zero-order valence-electron chi connectivity index (χ0n) is 20.3. The van der Waals surface area contributed by atoms with Crippen molar-refractivity contribution in [2.24, 2.45) is 0 Å². The minimum Gasteiger partial charge on any atom is -0.457 e. The molecule has 0 bridgehead atoms. The van der Waals surface area contributed by atoms with Crippen LogP contribution in [-0.2, 0) is 21.5 Å². The molecule has 1 aromatic heterocycles. The normalized spacial score (nSPS) is 15.1. The van der Waals surface area contributed by atoms with Gasteiger partial charge in [-0.05, 0) is 56.2 Å². The van der Waals surface area contributed by atoms with E-state index in [1.54, 1.807) is 12.1 Å². The van der Waals surface area contributed by atoms with Crippen molar-refractivity contribution < 1.29 is 18.8 Å². The van der Waals surface area contributed by atoms with Crippen LogP contribution in [0.4, 0.5) is 5.69 Å². The zero-order chi connectivity index (χ0) is 24.7. The van der Waals surface area contributed by atoms with Crippen LogP contribution in [-0.4, -0.2) is 22.0 Å². The van der Waals surface area contributed by atoms with Crippen molar-refractivity contribution in [2.45, 2.75) is 70.8 Å². The number of nitrogens with zero attached hydrogens (tertiary/aromatic N) is 2. The molecule has 1 aliphatic carbocycles. The van der Waals surface area contributed by atoms with E-state index in [4.69, 9.17) is 9.26 Å². The maximum absolute atomic E-state index is 12.5. The number of hydrogen-bond donors (Lipinski definition) is 2. The summed E-state index contributed by atoms with van der Waals surface area (Å²) in [5.41, 5.74) is 1.26. The van der Waals surface area contributed by atoms with Gasteiger partial charge < -0.3 is 19.9 Å². The molecule has 2 aromatic carbocycles. The summed E-state index contributed by atoms with van der Waals surface area (Å²) in [7, 11) is 0. The maximum Gasteiger partial charge on any atom is 0.227 e. The largest absolute Gasteiger partial charge is 0.457 e. The molecule has 0 atom stereocenters. The molecule has 0 aliphatic heterocycles. The summed E-state index contributed by atoms with van der Waals surface area (Å²) in [4.78, 5) is 28.9. The second-order valence-corrected chi connectivity index (χ2v) is 9.18. The minimum absolute atomic E-state index is 0.104. The lowest BCUT2D eigenvalue weighted by molar-refractivity contribution is -0.121. The molecule has 1 fully saturated rings. The van der Waals surface area contributed by atoms with Crippen molar-refractivity contribution in [2.75, 3.05) is 5.32 Å². The summed E-state index contributed by atoms with van der Waals surface area (Å²) in [5.74, 6) is 2.10. The van der Waals surface area contributed by atoms with E-state index in [9.17, 15) is 9.59 Å². The molecule has 8 heteroatoms. The Hall–Kier alpha value is -3.68. The highest BCUT2D eigenvalue weighted by molar-refractivity contribution is 5.90. The number of aryl methyl sites for hydroxylation is 2. The molecule has 1 heterocycles. The summed E-state index contributed by atoms with van der Waals surface area (Å²) < 4.78 is 11.3. The van der Waals surface area contributed by atoms with E-state index < -0.39 is 5.54 Å². The number of carbonyl (C=O) groups is 2. The fraction of sp³-hybridized carbons (Fsp3) is 0.407. The van der Waals surface area contributed by atoms with E-state index in [-0.39, 0.29) is 18.2 Å². The molecule has 1 saturated carbocycles. The Balaban J connectivity index is 1.31. The monoisotopic (exact) mass is 476 g/mol. The Labute approximate surface area is 205 Å². The van der Waals surface area contributed by atoms with Gasteiger partial charge in [-0.3, -0.25) is 9.59 Å². The van der Waals surface area contributed by atoms with Gasteiger partial charge in [0.05, 0.1) is 0 Å². The molecule has 3 aromatic rings. The molecular formula is C27H32N4O4. The lowest BCUT2D eigenvalue weighted by atomic mass is 9.89. The molecule has 4 rings (SSSR count). The number of hydrogen-bond acceptors (Lipinski definition) is 6. The highest BCUT2D eigenvalue weighted by atomic mass is 16.5. The number of nitrogens with one attached hydrogen (secondary N) is 2. The van der Waals surface area contributed by atoms with E-state index in [0.717, 1.165) is 44.3 Å². The molecule has 2 amide bonds. The van der Waals surface area contributed by atoms with Gasteiger partial charge in [-0.2, -0.15) is 4.98 Å². The van der Waals surface area contributed by atoms with Gasteiger partial charge in [0.2, 0.25) is 17.7 Å². The van der Waals surface area contributed by atoms with E-state index in [1.165, 1.54) is 12.5 Å². The van der Waals surface area contributed by atoms with Gasteiger partial charge in [-0.1, -0.05) is 48.5 Å². The van der Waals surface area contributed by atoms with Crippen LogP contribution in [0.15, 0.2) is 53.1 Å². The van der Waals surface area contributed by atoms with E-state index >= 15 is 0 Å². The summed E-state index contributed by atoms with van der Waals surface area (Å²) in [6.07, 6.45) is 6.37. The first-order chi connectivity index (χ1) is 16.9. The van der Waals surface area contributed by atoms with E-state index in [0.29, 0.717) is 29.6 Å². The van der Waals surface area contributed by atoms with Gasteiger partial charge in [0.1, 0.15) is 17.0 Å². The summed E-state index contributed by atoms with van der Waals surface area (Å²) in [5, 5.41) is 10.1. The second-order valence-electron chi connectivity index (χ2n) is 9.18. The fourth-order valence-corrected chi connectivity index (χ4v) is 4.42. The SMILES string of the molecule is CC(=O)NC1(c2noc(CCC(=O)Nc3ccc(Oc4ccc(C)cc4)cc3)n2)CCCCCC1. The summed E-state index contributed by atoms with van der Waals surface area (Å²) in [6.45, 7) is 3.54. The van der Waals surface area contributed by atoms with Crippen molar-refractivity contribution in [3.63, 3.8) is 0 Å². The van der Waals surface area contributed by atoms with Gasteiger partial charge in [0.25, 0.3) is 0 Å². The predicted molar refractivity (Wildman–Crippen MR) is 132 cm³/mol. The van der Waals surface area contributed by atoms with Crippen LogP contribution in [0.5, 0.6) is 11.5 Å². The van der Waals surface area contributed by atoms with Crippen LogP contribution in [0.3, 0.4) is 0 Å². The Kier molecular flexibility index (Phi) is 7.80. The van der Waals surface area contributed by atoms with E-state index in [1.807, 2.05) is 43.3 Å². The van der Waals surface area contributed by atoms with Gasteiger partial charge in [-0.15, -0.1) is 0 Å². The Morgan fingerprint density at radius 2 is 1.60 bits per heavy atom. The highest BCUT2D eigenvalue weighted by Crippen LogP contribution is 2.34. The number of aromatic nitrogens is 2.